The van der Waals surface area contributed by atoms with Crippen LogP contribution in [0.2, 0.25) is 0 Å². The first-order valence-electron chi connectivity index (χ1n) is 7.68. The fourth-order valence-electron chi connectivity index (χ4n) is 2.74. The summed E-state index contributed by atoms with van der Waals surface area (Å²) in [4.78, 5) is 25.4. The highest BCUT2D eigenvalue weighted by Gasteiger charge is 2.12. The van der Waals surface area contributed by atoms with Crippen molar-refractivity contribution >= 4 is 5.97 Å². The Morgan fingerprint density at radius 1 is 1.08 bits per heavy atom. The monoisotopic (exact) mass is 348 g/mol. The number of nitrogens with zero attached hydrogens (tertiary/aromatic N) is 1. The second kappa shape index (κ2) is 6.65. The van der Waals surface area contributed by atoms with Crippen LogP contribution in [0.4, 0.5) is 4.39 Å². The summed E-state index contributed by atoms with van der Waals surface area (Å²) >= 11 is 0. The molecule has 1 heterocycles. The van der Waals surface area contributed by atoms with E-state index >= 15 is 0 Å². The predicted octanol–water partition coefficient (Wildman–Crippen LogP) is 3.73. The number of pyridine rings is 1. The molecule has 2 N–H and O–H groups in total. The number of halogens is 1. The molecule has 6 heteroatoms. The first kappa shape index (κ1) is 17.1. The average Bonchev–Trinajstić information content (AvgIpc) is 2.61. The van der Waals surface area contributed by atoms with Crippen molar-refractivity contribution in [2.75, 3.05) is 0 Å². The van der Waals surface area contributed by atoms with Crippen LogP contribution in [0.1, 0.15) is 21.6 Å². The number of nitrogens with one attached hydrogen (secondary N) is 1. The number of aromatic carboxylic acids is 1. The third kappa shape index (κ3) is 3.10. The van der Waals surface area contributed by atoms with Crippen molar-refractivity contribution in [2.24, 2.45) is 0 Å². The van der Waals surface area contributed by atoms with Gasteiger partial charge >= 0.3 is 5.97 Å². The fraction of sp³-hybridized carbons (Fsp3) is 0.0500. The lowest BCUT2D eigenvalue weighted by Crippen LogP contribution is -2.12. The molecule has 0 aliphatic rings. The van der Waals surface area contributed by atoms with E-state index in [1.165, 1.54) is 12.1 Å². The van der Waals surface area contributed by atoms with Crippen molar-refractivity contribution in [3.05, 3.63) is 81.5 Å². The maximum atomic E-state index is 14.2. The van der Waals surface area contributed by atoms with E-state index < -0.39 is 17.3 Å². The molecule has 5 nitrogen and oxygen atoms in total. The van der Waals surface area contributed by atoms with Crippen molar-refractivity contribution in [1.29, 1.82) is 5.26 Å². The topological polar surface area (TPSA) is 93.9 Å². The average molecular weight is 348 g/mol. The molecule has 0 spiro atoms. The lowest BCUT2D eigenvalue weighted by atomic mass is 9.97. The molecule has 0 atom stereocenters. The number of carboxylic acid groups (broad SMARTS) is 1. The van der Waals surface area contributed by atoms with Crippen LogP contribution in [0.5, 0.6) is 0 Å². The third-order valence-electron chi connectivity index (χ3n) is 4.00. The fourth-order valence-corrected chi connectivity index (χ4v) is 2.74. The smallest absolute Gasteiger partial charge is 0.335 e. The van der Waals surface area contributed by atoms with Gasteiger partial charge in [-0.05, 0) is 36.2 Å². The molecular formula is C20H13FN2O3. The van der Waals surface area contributed by atoms with Crippen LogP contribution in [0, 0.1) is 24.1 Å². The summed E-state index contributed by atoms with van der Waals surface area (Å²) in [5.74, 6) is -1.83. The van der Waals surface area contributed by atoms with Gasteiger partial charge in [-0.25, -0.2) is 9.18 Å². The molecule has 0 bridgehead atoms. The largest absolute Gasteiger partial charge is 0.478 e. The number of aromatic amines is 1. The number of H-pyrrole nitrogens is 1. The maximum absolute atomic E-state index is 14.2. The summed E-state index contributed by atoms with van der Waals surface area (Å²) in [6.07, 6.45) is 0. The lowest BCUT2D eigenvalue weighted by Gasteiger charge is -2.08. The summed E-state index contributed by atoms with van der Waals surface area (Å²) in [6, 6.07) is 14.0. The van der Waals surface area contributed by atoms with Gasteiger partial charge in [-0.3, -0.25) is 4.79 Å². The van der Waals surface area contributed by atoms with Crippen molar-refractivity contribution in [1.82, 2.24) is 4.98 Å². The second-order valence-electron chi connectivity index (χ2n) is 5.76. The molecule has 0 saturated heterocycles. The number of hydrogen-bond donors (Lipinski definition) is 2. The van der Waals surface area contributed by atoms with Crippen LogP contribution >= 0.6 is 0 Å². The first-order valence-corrected chi connectivity index (χ1v) is 7.68. The molecule has 0 aliphatic carbocycles. The van der Waals surface area contributed by atoms with Crippen LogP contribution in [0.15, 0.2) is 53.3 Å². The van der Waals surface area contributed by atoms with Gasteiger partial charge in [-0.1, -0.05) is 30.3 Å². The molecule has 0 fully saturated rings. The van der Waals surface area contributed by atoms with E-state index in [-0.39, 0.29) is 16.7 Å². The van der Waals surface area contributed by atoms with E-state index in [0.29, 0.717) is 22.4 Å². The molecule has 26 heavy (non-hydrogen) atoms. The Hall–Kier alpha value is -3.72. The second-order valence-corrected chi connectivity index (χ2v) is 5.76. The standard InChI is InChI=1S/C20H13FN2O3/c1-11-8-16(17(10-22)19(24)23-11)13-4-2-12(3-5-13)15-7-6-14(20(25)26)9-18(15)21/h2-9H,1H3,(H,23,24)(H,25,26). The van der Waals surface area contributed by atoms with Crippen LogP contribution in [-0.4, -0.2) is 16.1 Å². The van der Waals surface area contributed by atoms with Gasteiger partial charge in [-0.2, -0.15) is 5.26 Å². The number of aryl methyl sites for hydroxylation is 1. The van der Waals surface area contributed by atoms with E-state index in [1.54, 1.807) is 37.3 Å². The number of nitriles is 1. The molecule has 0 radical (unpaired) electrons. The quantitative estimate of drug-likeness (QED) is 0.754. The van der Waals surface area contributed by atoms with Gasteiger partial charge in [0.1, 0.15) is 17.4 Å². The highest BCUT2D eigenvalue weighted by atomic mass is 19.1. The normalized spacial score (nSPS) is 10.3. The van der Waals surface area contributed by atoms with Gasteiger partial charge < -0.3 is 10.1 Å². The van der Waals surface area contributed by atoms with Crippen LogP contribution < -0.4 is 5.56 Å². The SMILES string of the molecule is Cc1cc(-c2ccc(-c3ccc(C(=O)O)cc3F)cc2)c(C#N)c(=O)[nH]1. The Balaban J connectivity index is 2.05. The predicted molar refractivity (Wildman–Crippen MR) is 94.3 cm³/mol. The van der Waals surface area contributed by atoms with Crippen LogP contribution in [-0.2, 0) is 0 Å². The number of rotatable bonds is 3. The summed E-state index contributed by atoms with van der Waals surface area (Å²) in [6.45, 7) is 1.72. The Kier molecular flexibility index (Phi) is 4.38. The highest BCUT2D eigenvalue weighted by molar-refractivity contribution is 5.88. The third-order valence-corrected chi connectivity index (χ3v) is 4.00. The number of benzene rings is 2. The number of carboxylic acids is 1. The minimum atomic E-state index is -1.19. The van der Waals surface area contributed by atoms with Gasteiger partial charge in [0, 0.05) is 16.8 Å². The molecule has 3 rings (SSSR count). The van der Waals surface area contributed by atoms with Gasteiger partial charge in [0.15, 0.2) is 0 Å². The molecule has 0 unspecified atom stereocenters. The molecule has 0 amide bonds. The molecule has 0 saturated carbocycles. The molecular weight excluding hydrogens is 335 g/mol. The van der Waals surface area contributed by atoms with Gasteiger partial charge in [0.25, 0.3) is 5.56 Å². The van der Waals surface area contributed by atoms with Crippen molar-refractivity contribution < 1.29 is 14.3 Å². The summed E-state index contributed by atoms with van der Waals surface area (Å²) in [7, 11) is 0. The number of hydrogen-bond acceptors (Lipinski definition) is 3. The van der Waals surface area contributed by atoms with Crippen molar-refractivity contribution in [3.8, 4) is 28.3 Å². The zero-order valence-electron chi connectivity index (χ0n) is 13.7. The minimum Gasteiger partial charge on any atom is -0.478 e. The Bertz CT molecular complexity index is 1110. The molecule has 1 aromatic heterocycles. The van der Waals surface area contributed by atoms with Gasteiger partial charge in [0.05, 0.1) is 5.56 Å². The van der Waals surface area contributed by atoms with Crippen LogP contribution in [0.25, 0.3) is 22.3 Å². The van der Waals surface area contributed by atoms with Gasteiger partial charge in [0.2, 0.25) is 0 Å². The maximum Gasteiger partial charge on any atom is 0.335 e. The van der Waals surface area contributed by atoms with Gasteiger partial charge in [-0.15, -0.1) is 0 Å². The lowest BCUT2D eigenvalue weighted by molar-refractivity contribution is 0.0696. The van der Waals surface area contributed by atoms with E-state index in [9.17, 15) is 19.2 Å². The summed E-state index contributed by atoms with van der Waals surface area (Å²) in [5.41, 5.74) is 2.04. The van der Waals surface area contributed by atoms with E-state index in [4.69, 9.17) is 5.11 Å². The summed E-state index contributed by atoms with van der Waals surface area (Å²) < 4.78 is 14.2. The molecule has 3 aromatic rings. The minimum absolute atomic E-state index is 0.0142. The van der Waals surface area contributed by atoms with Crippen molar-refractivity contribution in [3.63, 3.8) is 0 Å². The highest BCUT2D eigenvalue weighted by Crippen LogP contribution is 2.28. The van der Waals surface area contributed by atoms with E-state index in [0.717, 1.165) is 6.07 Å². The number of aromatic nitrogens is 1. The Labute approximate surface area is 148 Å². The Morgan fingerprint density at radius 3 is 2.23 bits per heavy atom. The van der Waals surface area contributed by atoms with E-state index in [2.05, 4.69) is 4.98 Å². The zero-order valence-corrected chi connectivity index (χ0v) is 13.7. The van der Waals surface area contributed by atoms with Crippen LogP contribution in [0.3, 0.4) is 0 Å². The Morgan fingerprint density at radius 2 is 1.69 bits per heavy atom. The summed E-state index contributed by atoms with van der Waals surface area (Å²) in [5, 5.41) is 18.1. The van der Waals surface area contributed by atoms with Crippen molar-refractivity contribution in [2.45, 2.75) is 6.92 Å². The molecule has 0 aliphatic heterocycles. The number of carbonyl (C=O) groups is 1. The zero-order chi connectivity index (χ0) is 18.8. The first-order chi connectivity index (χ1) is 12.4. The van der Waals surface area contributed by atoms with E-state index in [1.807, 2.05) is 6.07 Å². The molecule has 2 aromatic carbocycles. The molecule has 128 valence electrons.